The van der Waals surface area contributed by atoms with Crippen molar-refractivity contribution in [3.8, 4) is 0 Å². The first-order chi connectivity index (χ1) is 20.7. The average molecular weight is 765 g/mol. The van der Waals surface area contributed by atoms with Crippen LogP contribution >= 0.6 is 0 Å². The van der Waals surface area contributed by atoms with Crippen molar-refractivity contribution in [2.24, 2.45) is 0 Å². The van der Waals surface area contributed by atoms with E-state index in [1.807, 2.05) is 0 Å². The second-order valence-electron chi connectivity index (χ2n) is 8.57. The van der Waals surface area contributed by atoms with Crippen LogP contribution in [0.4, 0.5) is 65.9 Å². The molecule has 2 aliphatic rings. The number of allylic oxidation sites excluding steroid dienone is 8. The molecule has 0 fully saturated rings. The van der Waals surface area contributed by atoms with Crippen LogP contribution < -0.4 is 16.4 Å². The normalized spacial score (nSPS) is 12.0. The van der Waals surface area contributed by atoms with Crippen LogP contribution in [0.25, 0.3) is 0 Å². The molecule has 17 heteroatoms. The second kappa shape index (κ2) is 18.2. The minimum atomic E-state index is -3.96. The van der Waals surface area contributed by atoms with Gasteiger partial charge in [-0.25, -0.2) is 65.9 Å². The molecule has 5 rings (SSSR count). The molecule has 3 aromatic carbocycles. The molecule has 0 N–H and O–H groups in total. The van der Waals surface area contributed by atoms with Gasteiger partial charge in [0.1, 0.15) is 0 Å². The molecule has 0 spiro atoms. The molecular weight excluding hydrogens is 747 g/mol. The summed E-state index contributed by atoms with van der Waals surface area (Å²) in [6, 6.07) is 0. The Morgan fingerprint density at radius 3 is 0.574 bits per heavy atom. The Morgan fingerprint density at radius 2 is 0.447 bits per heavy atom. The Bertz CT molecular complexity index is 1440. The van der Waals surface area contributed by atoms with E-state index in [1.54, 1.807) is 0 Å². The van der Waals surface area contributed by atoms with Crippen molar-refractivity contribution in [3.63, 3.8) is 0 Å². The van der Waals surface area contributed by atoms with Gasteiger partial charge in [-0.1, -0.05) is 48.6 Å². The third-order valence-corrected chi connectivity index (χ3v) is 5.91. The standard InChI is InChI=1S/C18BF15.2C5H6.2CH3.Zr/c20-4-1(5(21)11(27)16(32)10(4)26)19(2-6(22)12(28)17(33)13(29)7(2)23)3-8(24)14(30)18(34)15(31)9(3)25;2*1-2-4-5-3-1;;;/h;2*1-4H,5H2;2*1H3;/q;;;2*-1;+2. The van der Waals surface area contributed by atoms with Gasteiger partial charge in [0.2, 0.25) is 0 Å². The van der Waals surface area contributed by atoms with Crippen molar-refractivity contribution in [3.05, 3.63) is 151 Å². The molecule has 0 unspecified atom stereocenters. The molecule has 0 bridgehead atoms. The van der Waals surface area contributed by atoms with Crippen LogP contribution in [-0.4, -0.2) is 6.71 Å². The fourth-order valence-corrected chi connectivity index (χ4v) is 3.84. The zero-order valence-corrected chi connectivity index (χ0v) is 26.2. The van der Waals surface area contributed by atoms with Gasteiger partial charge in [-0.2, -0.15) is 0 Å². The number of rotatable bonds is 3. The molecule has 0 amide bonds. The molecule has 0 atom stereocenters. The smallest absolute Gasteiger partial charge is 0.358 e. The fraction of sp³-hybridized carbons (Fsp3) is 0.0667. The molecule has 0 radical (unpaired) electrons. The monoisotopic (exact) mass is 764 g/mol. The number of halogens is 15. The van der Waals surface area contributed by atoms with Crippen molar-refractivity contribution in [2.75, 3.05) is 0 Å². The predicted molar refractivity (Wildman–Crippen MR) is 142 cm³/mol. The first-order valence-corrected chi connectivity index (χ1v) is 11.8. The maximum Gasteiger partial charge on any atom is 2.00 e. The summed E-state index contributed by atoms with van der Waals surface area (Å²) in [7, 11) is 0. The van der Waals surface area contributed by atoms with E-state index in [1.165, 1.54) is 0 Å². The number of hydrogen-bond donors (Lipinski definition) is 0. The summed E-state index contributed by atoms with van der Waals surface area (Å²) in [6.45, 7) is -3.96. The first-order valence-electron chi connectivity index (χ1n) is 11.8. The summed E-state index contributed by atoms with van der Waals surface area (Å²) in [5.74, 6) is -45.2. The summed E-state index contributed by atoms with van der Waals surface area (Å²) in [4.78, 5) is 0. The van der Waals surface area contributed by atoms with E-state index < -0.39 is 110 Å². The predicted octanol–water partition coefficient (Wildman–Crippen LogP) is 8.19. The van der Waals surface area contributed by atoms with Crippen LogP contribution in [0.3, 0.4) is 0 Å². The summed E-state index contributed by atoms with van der Waals surface area (Å²) < 4.78 is 209. The molecular formula is C30H18BF15Zr. The molecule has 0 saturated heterocycles. The summed E-state index contributed by atoms with van der Waals surface area (Å²) in [6.07, 6.45) is 19.0. The SMILES string of the molecule is C1=CCC=C1.C1=CCC=C1.Fc1c(F)c(F)c(B(c2c(F)c(F)c(F)c(F)c2F)c2c(F)c(F)c(F)c(F)c2F)c(F)c1F.[CH3-].[CH3-].[Zr+2]. The molecule has 3 aromatic rings. The third kappa shape index (κ3) is 8.52. The van der Waals surface area contributed by atoms with Gasteiger partial charge >= 0.3 is 26.2 Å². The maximum absolute atomic E-state index is 14.4. The minimum absolute atomic E-state index is 0. The van der Waals surface area contributed by atoms with Crippen LogP contribution in [0.1, 0.15) is 12.8 Å². The summed E-state index contributed by atoms with van der Waals surface area (Å²) >= 11 is 0. The van der Waals surface area contributed by atoms with Gasteiger partial charge in [0, 0.05) is 16.4 Å². The van der Waals surface area contributed by atoms with Gasteiger partial charge in [-0.05, 0) is 12.8 Å². The van der Waals surface area contributed by atoms with E-state index in [-0.39, 0.29) is 41.1 Å². The quantitative estimate of drug-likeness (QED) is 0.0831. The van der Waals surface area contributed by atoms with Gasteiger partial charge in [0.25, 0.3) is 6.71 Å². The Balaban J connectivity index is 0.00000138. The van der Waals surface area contributed by atoms with Crippen LogP contribution in [0.5, 0.6) is 0 Å². The Labute approximate surface area is 278 Å². The molecule has 0 aliphatic heterocycles. The minimum Gasteiger partial charge on any atom is -0.358 e. The zero-order valence-electron chi connectivity index (χ0n) is 23.8. The van der Waals surface area contributed by atoms with E-state index in [0.717, 1.165) is 12.8 Å². The van der Waals surface area contributed by atoms with Crippen molar-refractivity contribution in [2.45, 2.75) is 12.8 Å². The first kappa shape index (κ1) is 43.5. The van der Waals surface area contributed by atoms with Crippen LogP contribution in [0.2, 0.25) is 0 Å². The molecule has 0 nitrogen and oxygen atoms in total. The third-order valence-electron chi connectivity index (χ3n) is 5.91. The van der Waals surface area contributed by atoms with Gasteiger partial charge < -0.3 is 14.9 Å². The Morgan fingerprint density at radius 1 is 0.298 bits per heavy atom. The molecule has 250 valence electrons. The van der Waals surface area contributed by atoms with Gasteiger partial charge in [0.15, 0.2) is 87.3 Å². The zero-order chi connectivity index (χ0) is 33.0. The van der Waals surface area contributed by atoms with Gasteiger partial charge in [-0.15, -0.1) is 0 Å². The molecule has 0 heterocycles. The van der Waals surface area contributed by atoms with Crippen LogP contribution in [0, 0.1) is 102 Å². The Kier molecular flexibility index (Phi) is 16.8. The van der Waals surface area contributed by atoms with E-state index >= 15 is 0 Å². The van der Waals surface area contributed by atoms with E-state index in [0.29, 0.717) is 0 Å². The molecule has 2 aliphatic carbocycles. The summed E-state index contributed by atoms with van der Waals surface area (Å²) in [5.41, 5.74) is -8.03. The van der Waals surface area contributed by atoms with Crippen LogP contribution in [0.15, 0.2) is 48.6 Å². The largest absolute Gasteiger partial charge is 2.00 e. The van der Waals surface area contributed by atoms with Crippen LogP contribution in [-0.2, 0) is 26.2 Å². The van der Waals surface area contributed by atoms with Crippen molar-refractivity contribution >= 4 is 23.1 Å². The number of benzene rings is 3. The van der Waals surface area contributed by atoms with E-state index in [4.69, 9.17) is 0 Å². The van der Waals surface area contributed by atoms with Crippen molar-refractivity contribution in [1.29, 1.82) is 0 Å². The molecule has 0 saturated carbocycles. The van der Waals surface area contributed by atoms with E-state index in [9.17, 15) is 65.9 Å². The van der Waals surface area contributed by atoms with E-state index in [2.05, 4.69) is 48.6 Å². The average Bonchev–Trinajstić information content (AvgIpc) is 3.79. The molecule has 47 heavy (non-hydrogen) atoms. The topological polar surface area (TPSA) is 0 Å². The summed E-state index contributed by atoms with van der Waals surface area (Å²) in [5, 5.41) is 0. The fourth-order valence-electron chi connectivity index (χ4n) is 3.84. The van der Waals surface area contributed by atoms with Crippen molar-refractivity contribution < 1.29 is 92.1 Å². The van der Waals surface area contributed by atoms with Crippen molar-refractivity contribution in [1.82, 2.24) is 0 Å². The second-order valence-corrected chi connectivity index (χ2v) is 8.57. The molecule has 0 aromatic heterocycles. The Hall–Kier alpha value is -3.48. The van der Waals surface area contributed by atoms with Gasteiger partial charge in [0.05, 0.1) is 0 Å². The number of hydrogen-bond acceptors (Lipinski definition) is 0. The maximum atomic E-state index is 14.4. The van der Waals surface area contributed by atoms with Gasteiger partial charge in [-0.3, -0.25) is 0 Å².